The first kappa shape index (κ1) is 45.3. The van der Waals surface area contributed by atoms with Gasteiger partial charge in [-0.05, 0) is 131 Å². The van der Waals surface area contributed by atoms with Gasteiger partial charge in [0.15, 0.2) is 0 Å². The lowest BCUT2D eigenvalue weighted by molar-refractivity contribution is 1.30. The van der Waals surface area contributed by atoms with Crippen molar-refractivity contribution in [3.05, 3.63) is 263 Å². The van der Waals surface area contributed by atoms with Gasteiger partial charge in [0.1, 0.15) is 0 Å². The molecule has 5 aromatic carbocycles. The second-order valence-corrected chi connectivity index (χ2v) is 20.0. The van der Waals surface area contributed by atoms with E-state index in [1.807, 2.05) is 42.5 Å². The van der Waals surface area contributed by atoms with Crippen LogP contribution in [-0.2, 0) is 0 Å². The van der Waals surface area contributed by atoms with Crippen molar-refractivity contribution in [1.82, 2.24) is 39.9 Å². The van der Waals surface area contributed by atoms with Crippen LogP contribution in [0.5, 0.6) is 0 Å². The summed E-state index contributed by atoms with van der Waals surface area (Å²) in [6, 6.07) is 71.1. The van der Waals surface area contributed by atoms with Crippen molar-refractivity contribution in [1.29, 1.82) is 0 Å². The number of benzene rings is 5. The molecule has 4 aliphatic rings. The molecule has 376 valence electrons. The molecule has 0 amide bonds. The van der Waals surface area contributed by atoms with E-state index < -0.39 is 0 Å². The highest BCUT2D eigenvalue weighted by Crippen LogP contribution is 2.39. The van der Waals surface area contributed by atoms with Crippen LogP contribution >= 0.6 is 0 Å². The maximum Gasteiger partial charge on any atom is 0.0737 e. The van der Waals surface area contributed by atoms with Crippen LogP contribution in [0.15, 0.2) is 206 Å². The van der Waals surface area contributed by atoms with E-state index in [0.29, 0.717) is 11.3 Å². The minimum atomic E-state index is 0.253. The van der Waals surface area contributed by atoms with E-state index in [1.54, 1.807) is 0 Å². The van der Waals surface area contributed by atoms with Crippen LogP contribution in [0.4, 0.5) is 0 Å². The van der Waals surface area contributed by atoms with Gasteiger partial charge in [-0.25, -0.2) is 19.9 Å². The fraction of sp³-hybridized carbons (Fsp3) is 0. The number of aromatic nitrogens is 8. The number of hydrogen-bond donors (Lipinski definition) is 4. The van der Waals surface area contributed by atoms with Gasteiger partial charge < -0.3 is 19.9 Å². The van der Waals surface area contributed by atoms with E-state index in [-0.39, 0.29) is 6.05 Å². The highest BCUT2D eigenvalue weighted by atomic mass is 14.8. The maximum atomic E-state index is 10.4. The number of fused-ring (bicyclic) bond motifs is 16. The van der Waals surface area contributed by atoms with Crippen LogP contribution < -0.4 is 0 Å². The highest BCUT2D eigenvalue weighted by Gasteiger charge is 2.20. The molecule has 8 nitrogen and oxygen atoms in total. The van der Waals surface area contributed by atoms with Gasteiger partial charge in [0.2, 0.25) is 0 Å². The van der Waals surface area contributed by atoms with Crippen LogP contribution in [-0.4, -0.2) is 39.9 Å². The number of hydrogen-bond acceptors (Lipinski definition) is 4. The molecule has 8 heteroatoms. The monoisotopic (exact) mass is 1030 g/mol. The van der Waals surface area contributed by atoms with Gasteiger partial charge in [-0.3, -0.25) is 0 Å². The Kier molecular flexibility index (Phi) is 11.1. The Balaban J connectivity index is 1.03. The molecule has 0 spiro atoms. The second kappa shape index (κ2) is 19.6. The average Bonchev–Trinajstić information content (AvgIpc) is 4.40. The molecule has 4 aliphatic heterocycles. The fourth-order valence-corrected chi connectivity index (χ4v) is 11.3. The summed E-state index contributed by atoms with van der Waals surface area (Å²) in [6.07, 6.45) is 18.5. The van der Waals surface area contributed by atoms with Crippen LogP contribution in [0.2, 0.25) is 0 Å². The number of H-pyrrole nitrogens is 4. The van der Waals surface area contributed by atoms with Crippen LogP contribution in [0.25, 0.3) is 161 Å². The van der Waals surface area contributed by atoms with Crippen molar-refractivity contribution < 1.29 is 1.37 Å². The summed E-state index contributed by atoms with van der Waals surface area (Å²) in [5, 5.41) is 0. The Morgan fingerprint density at radius 2 is 0.637 bits per heavy atom. The Morgan fingerprint density at radius 1 is 0.287 bits per heavy atom. The molecular formula is C72H48N8. The van der Waals surface area contributed by atoms with Gasteiger partial charge in [-0.1, -0.05) is 164 Å². The third kappa shape index (κ3) is 8.54. The van der Waals surface area contributed by atoms with Gasteiger partial charge in [-0.2, -0.15) is 0 Å². The van der Waals surface area contributed by atoms with E-state index in [4.69, 9.17) is 19.9 Å². The quantitative estimate of drug-likeness (QED) is 0.127. The predicted molar refractivity (Wildman–Crippen MR) is 334 cm³/mol. The van der Waals surface area contributed by atoms with Gasteiger partial charge in [0.05, 0.1) is 46.9 Å². The lowest BCUT2D eigenvalue weighted by Crippen LogP contribution is -1.89. The molecule has 0 aliphatic carbocycles. The summed E-state index contributed by atoms with van der Waals surface area (Å²) in [7, 11) is 0. The summed E-state index contributed by atoms with van der Waals surface area (Å²) in [6.45, 7) is 0. The van der Waals surface area contributed by atoms with Crippen molar-refractivity contribution >= 4 is 105 Å². The minimum Gasteiger partial charge on any atom is -0.355 e. The smallest absolute Gasteiger partial charge is 0.0737 e. The number of nitrogens with zero attached hydrogens (tertiary/aromatic N) is 4. The summed E-state index contributed by atoms with van der Waals surface area (Å²) < 4.78 is 10.4. The number of rotatable bonds is 7. The molecule has 15 rings (SSSR count). The van der Waals surface area contributed by atoms with Gasteiger partial charge in [0, 0.05) is 83.1 Å². The molecule has 16 bridgehead atoms. The van der Waals surface area contributed by atoms with Gasteiger partial charge in [-0.15, -0.1) is 0 Å². The molecule has 0 unspecified atom stereocenters. The predicted octanol–water partition coefficient (Wildman–Crippen LogP) is 18.1. The van der Waals surface area contributed by atoms with Crippen molar-refractivity contribution in [3.8, 4) is 55.6 Å². The Bertz CT molecular complexity index is 4810. The summed E-state index contributed by atoms with van der Waals surface area (Å²) in [5.41, 5.74) is 24.5. The normalized spacial score (nSPS) is 12.8. The average molecular weight is 1030 g/mol. The Morgan fingerprint density at radius 3 is 1.12 bits per heavy atom. The zero-order valence-electron chi connectivity index (χ0n) is 44.1. The molecule has 0 fully saturated rings. The molecular weight excluding hydrogens is 977 g/mol. The van der Waals surface area contributed by atoms with Crippen LogP contribution in [0.3, 0.4) is 0 Å². The second-order valence-electron chi connectivity index (χ2n) is 20.0. The van der Waals surface area contributed by atoms with Crippen molar-refractivity contribution in [2.75, 3.05) is 0 Å². The van der Waals surface area contributed by atoms with Gasteiger partial charge in [0.25, 0.3) is 0 Å². The van der Waals surface area contributed by atoms with Crippen LogP contribution in [0.1, 0.15) is 58.0 Å². The Labute approximate surface area is 462 Å². The molecule has 6 aromatic heterocycles. The zero-order chi connectivity index (χ0) is 53.8. The summed E-state index contributed by atoms with van der Waals surface area (Å²) in [4.78, 5) is 36.7. The zero-order valence-corrected chi connectivity index (χ0v) is 43.1. The molecule has 0 saturated heterocycles. The summed E-state index contributed by atoms with van der Waals surface area (Å²) >= 11 is 0. The van der Waals surface area contributed by atoms with E-state index in [0.717, 1.165) is 145 Å². The fourth-order valence-electron chi connectivity index (χ4n) is 11.3. The van der Waals surface area contributed by atoms with Crippen molar-refractivity contribution in [2.24, 2.45) is 0 Å². The summed E-state index contributed by atoms with van der Waals surface area (Å²) in [5.74, 6) is 0. The van der Waals surface area contributed by atoms with Gasteiger partial charge >= 0.3 is 0 Å². The van der Waals surface area contributed by atoms with E-state index >= 15 is 0 Å². The Hall–Kier alpha value is -11.0. The molecule has 80 heavy (non-hydrogen) atoms. The highest BCUT2D eigenvalue weighted by molar-refractivity contribution is 6.01. The third-order valence-electron chi connectivity index (χ3n) is 15.0. The van der Waals surface area contributed by atoms with E-state index in [9.17, 15) is 1.37 Å². The molecule has 10 heterocycles. The molecule has 11 aromatic rings. The molecule has 4 N–H and O–H groups in total. The first-order chi connectivity index (χ1) is 40.0. The number of nitrogens with one attached hydrogen (secondary N) is 4. The maximum absolute atomic E-state index is 10.4. The lowest BCUT2D eigenvalue weighted by Gasteiger charge is -2.06. The molecule has 0 saturated carbocycles. The number of aromatic amines is 4. The molecule has 0 radical (unpaired) electrons. The topological polar surface area (TPSA) is 115 Å². The minimum absolute atomic E-state index is 0.253. The molecule has 0 atom stereocenters. The lowest BCUT2D eigenvalue weighted by atomic mass is 10.0. The standard InChI is InChI=1S/C72H48N8/c1-6-16-45(17-7-1)68-57-31-27-51(73-57)43-52-28-32-59(74-52)72(49-24-14-5-15-25-49)67-42-50(66(80-67)44-53-29-33-58(68)75-53)26-30-54-55-34-36-60(76-55)69(46-18-8-2-9-19-46)62-38-40-64(78-62)71(48-22-12-4-13-23-48)65-41-39-63(79-65)70(47-20-10-3-11-21-47)61-37-35-56(54)77-61/h1-44,73,76,79-80H/b30-26+,51-43?,52-43?,53-44?,55-54?,56-54?,66-44?,68-57?,68-58?,69-60?,69-62?,70-61?,70-63?,71-64?,71-65?,72-59?,72-67?/i30D. The van der Waals surface area contributed by atoms with Crippen molar-refractivity contribution in [2.45, 2.75) is 0 Å². The van der Waals surface area contributed by atoms with E-state index in [2.05, 4.69) is 238 Å². The first-order valence-electron chi connectivity index (χ1n) is 27.3. The SMILES string of the molecule is [2H]/C(=C\c1cc2[nH]c1cc1nc(c(-c3ccccc3)c3ccc(cc4nc(c2-c2ccccc2)C=C4)[nH]3)C=C1)c1c2nc(c(-c3ccccc3)c3ccc([nH]3)c(-c3ccccc3)c3nc(c(-c4ccccc4)c4ccc1[nH]4)C=C3)C=C2. The third-order valence-corrected chi connectivity index (χ3v) is 15.0. The van der Waals surface area contributed by atoms with Crippen molar-refractivity contribution in [3.63, 3.8) is 0 Å². The largest absolute Gasteiger partial charge is 0.355 e. The first-order valence-corrected chi connectivity index (χ1v) is 26.8. The van der Waals surface area contributed by atoms with Crippen LogP contribution in [0, 0.1) is 0 Å². The van der Waals surface area contributed by atoms with E-state index in [1.165, 1.54) is 0 Å².